The highest BCUT2D eigenvalue weighted by molar-refractivity contribution is 4.97. The molecule has 0 aromatic carbocycles. The topological polar surface area (TPSA) is 35.5 Å². The van der Waals surface area contributed by atoms with Gasteiger partial charge in [0, 0.05) is 23.7 Å². The summed E-state index contributed by atoms with van der Waals surface area (Å²) in [7, 11) is 0. The zero-order chi connectivity index (χ0) is 14.2. The van der Waals surface area contributed by atoms with Crippen molar-refractivity contribution >= 4 is 0 Å². The smallest absolute Gasteiger partial charge is 0.0611 e. The molecule has 0 bridgehead atoms. The molecule has 3 nitrogen and oxygen atoms in total. The van der Waals surface area contributed by atoms with Gasteiger partial charge in [0.2, 0.25) is 0 Å². The summed E-state index contributed by atoms with van der Waals surface area (Å²) in [6, 6.07) is 2.09. The van der Waals surface area contributed by atoms with Crippen molar-refractivity contribution in [1.82, 2.24) is 10.2 Å². The third-order valence-corrected chi connectivity index (χ3v) is 5.83. The Labute approximate surface area is 124 Å². The molecule has 1 heterocycles. The number of nitrogens with zero attached hydrogens (tertiary/aromatic N) is 1. The van der Waals surface area contributed by atoms with Crippen LogP contribution in [0, 0.1) is 5.92 Å². The van der Waals surface area contributed by atoms with Gasteiger partial charge in [-0.15, -0.1) is 0 Å². The fourth-order valence-corrected chi connectivity index (χ4v) is 4.70. The van der Waals surface area contributed by atoms with Gasteiger partial charge in [0.05, 0.1) is 6.61 Å². The fourth-order valence-electron chi connectivity index (χ4n) is 4.70. The molecular weight excluding hydrogens is 248 g/mol. The first-order valence-electron chi connectivity index (χ1n) is 8.75. The van der Waals surface area contributed by atoms with E-state index in [1.54, 1.807) is 0 Å². The fraction of sp³-hybridized carbons (Fsp3) is 1.00. The molecule has 0 aromatic heterocycles. The van der Waals surface area contributed by atoms with Gasteiger partial charge in [-0.25, -0.2) is 0 Å². The third kappa shape index (κ3) is 3.20. The van der Waals surface area contributed by atoms with Crippen LogP contribution in [0.2, 0.25) is 0 Å². The predicted molar refractivity (Wildman–Crippen MR) is 82.8 cm³/mol. The standard InChI is InChI=1S/C17H32N2O/c1-13(11-17(2,12-20)18-15-8-9-15)19-10-4-6-14-5-3-7-16(14)19/h13-16,18,20H,3-12H2,1-2H3. The van der Waals surface area contributed by atoms with E-state index in [-0.39, 0.29) is 12.1 Å². The molecule has 2 saturated carbocycles. The van der Waals surface area contributed by atoms with Crippen molar-refractivity contribution < 1.29 is 5.11 Å². The van der Waals surface area contributed by atoms with Gasteiger partial charge >= 0.3 is 0 Å². The van der Waals surface area contributed by atoms with E-state index in [0.717, 1.165) is 18.4 Å². The Morgan fingerprint density at radius 1 is 1.20 bits per heavy atom. The zero-order valence-electron chi connectivity index (χ0n) is 13.3. The summed E-state index contributed by atoms with van der Waals surface area (Å²) >= 11 is 0. The maximum atomic E-state index is 9.82. The molecule has 1 aliphatic heterocycles. The first-order valence-corrected chi connectivity index (χ1v) is 8.75. The highest BCUT2D eigenvalue weighted by Gasteiger charge is 2.40. The van der Waals surface area contributed by atoms with Crippen LogP contribution in [0.1, 0.15) is 65.2 Å². The van der Waals surface area contributed by atoms with Crippen molar-refractivity contribution in [2.24, 2.45) is 5.92 Å². The van der Waals surface area contributed by atoms with Gasteiger partial charge in [-0.2, -0.15) is 0 Å². The normalized spacial score (nSPS) is 35.5. The van der Waals surface area contributed by atoms with Gasteiger partial charge in [0.1, 0.15) is 0 Å². The van der Waals surface area contributed by atoms with Crippen molar-refractivity contribution in [2.45, 2.75) is 88.9 Å². The summed E-state index contributed by atoms with van der Waals surface area (Å²) < 4.78 is 0. The molecular formula is C17H32N2O. The van der Waals surface area contributed by atoms with Crippen LogP contribution in [0.3, 0.4) is 0 Å². The van der Waals surface area contributed by atoms with Gasteiger partial charge in [0.15, 0.2) is 0 Å². The van der Waals surface area contributed by atoms with E-state index in [4.69, 9.17) is 0 Å². The minimum Gasteiger partial charge on any atom is -0.394 e. The molecule has 0 spiro atoms. The lowest BCUT2D eigenvalue weighted by atomic mass is 9.87. The van der Waals surface area contributed by atoms with Gasteiger partial charge in [-0.1, -0.05) is 6.42 Å². The molecule has 2 aliphatic carbocycles. The van der Waals surface area contributed by atoms with Gasteiger partial charge in [-0.05, 0) is 71.3 Å². The third-order valence-electron chi connectivity index (χ3n) is 5.83. The summed E-state index contributed by atoms with van der Waals surface area (Å²) in [6.45, 7) is 6.12. The summed E-state index contributed by atoms with van der Waals surface area (Å²) in [4.78, 5) is 2.77. The Morgan fingerprint density at radius 3 is 2.65 bits per heavy atom. The van der Waals surface area contributed by atoms with E-state index in [1.807, 2.05) is 0 Å². The summed E-state index contributed by atoms with van der Waals surface area (Å²) in [5.41, 5.74) is -0.0911. The number of piperidine rings is 1. The molecule has 3 aliphatic rings. The highest BCUT2D eigenvalue weighted by atomic mass is 16.3. The summed E-state index contributed by atoms with van der Waals surface area (Å²) in [6.07, 6.45) is 10.8. The molecule has 0 radical (unpaired) electrons. The Hall–Kier alpha value is -0.120. The minimum absolute atomic E-state index is 0.0911. The van der Waals surface area contributed by atoms with Crippen LogP contribution in [0.15, 0.2) is 0 Å². The monoisotopic (exact) mass is 280 g/mol. The number of hydrogen-bond acceptors (Lipinski definition) is 3. The van der Waals surface area contributed by atoms with Crippen LogP contribution in [0.4, 0.5) is 0 Å². The van der Waals surface area contributed by atoms with Gasteiger partial charge < -0.3 is 10.4 Å². The van der Waals surface area contributed by atoms with Crippen LogP contribution in [-0.4, -0.2) is 46.8 Å². The minimum atomic E-state index is -0.0911. The number of rotatable bonds is 6. The van der Waals surface area contributed by atoms with Crippen molar-refractivity contribution in [3.05, 3.63) is 0 Å². The van der Waals surface area contributed by atoms with Crippen LogP contribution in [0.5, 0.6) is 0 Å². The lowest BCUT2D eigenvalue weighted by Gasteiger charge is -2.44. The quantitative estimate of drug-likeness (QED) is 0.785. The number of hydrogen-bond donors (Lipinski definition) is 2. The molecule has 3 fully saturated rings. The lowest BCUT2D eigenvalue weighted by Crippen LogP contribution is -2.54. The van der Waals surface area contributed by atoms with Crippen LogP contribution < -0.4 is 5.32 Å². The number of aliphatic hydroxyl groups excluding tert-OH is 1. The van der Waals surface area contributed by atoms with E-state index in [0.29, 0.717) is 12.1 Å². The molecule has 116 valence electrons. The van der Waals surface area contributed by atoms with Crippen molar-refractivity contribution in [2.75, 3.05) is 13.2 Å². The molecule has 4 unspecified atom stereocenters. The zero-order valence-corrected chi connectivity index (χ0v) is 13.3. The summed E-state index contributed by atoms with van der Waals surface area (Å²) in [5.74, 6) is 0.961. The highest BCUT2D eigenvalue weighted by Crippen LogP contribution is 2.38. The number of aliphatic hydroxyl groups is 1. The first kappa shape index (κ1) is 14.8. The molecule has 0 amide bonds. The average molecular weight is 280 g/mol. The second-order valence-corrected chi connectivity index (χ2v) is 7.83. The maximum absolute atomic E-state index is 9.82. The molecule has 3 heteroatoms. The molecule has 1 saturated heterocycles. The molecule has 2 N–H and O–H groups in total. The summed E-state index contributed by atoms with van der Waals surface area (Å²) in [5, 5.41) is 13.5. The van der Waals surface area contributed by atoms with E-state index in [2.05, 4.69) is 24.1 Å². The maximum Gasteiger partial charge on any atom is 0.0611 e. The van der Waals surface area contributed by atoms with Crippen molar-refractivity contribution in [3.63, 3.8) is 0 Å². The van der Waals surface area contributed by atoms with Gasteiger partial charge in [0.25, 0.3) is 0 Å². The van der Waals surface area contributed by atoms with Crippen molar-refractivity contribution in [3.8, 4) is 0 Å². The molecule has 20 heavy (non-hydrogen) atoms. The Kier molecular flexibility index (Phi) is 4.40. The van der Waals surface area contributed by atoms with Crippen LogP contribution >= 0.6 is 0 Å². The first-order chi connectivity index (χ1) is 9.61. The van der Waals surface area contributed by atoms with Crippen LogP contribution in [-0.2, 0) is 0 Å². The average Bonchev–Trinajstić information content (AvgIpc) is 3.10. The SMILES string of the molecule is CC(CC(C)(CO)NC1CC1)N1CCCC2CCCC21. The van der Waals surface area contributed by atoms with Gasteiger partial charge in [-0.3, -0.25) is 4.90 Å². The lowest BCUT2D eigenvalue weighted by molar-refractivity contribution is 0.0464. The Morgan fingerprint density at radius 2 is 1.95 bits per heavy atom. The van der Waals surface area contributed by atoms with E-state index < -0.39 is 0 Å². The predicted octanol–water partition coefficient (Wildman–Crippen LogP) is 2.53. The largest absolute Gasteiger partial charge is 0.394 e. The van der Waals surface area contributed by atoms with Crippen LogP contribution in [0.25, 0.3) is 0 Å². The number of nitrogens with one attached hydrogen (secondary N) is 1. The van der Waals surface area contributed by atoms with Crippen molar-refractivity contribution in [1.29, 1.82) is 0 Å². The molecule has 4 atom stereocenters. The number of likely N-dealkylation sites (tertiary alicyclic amines) is 1. The Bertz CT molecular complexity index is 331. The second-order valence-electron chi connectivity index (χ2n) is 7.83. The van der Waals surface area contributed by atoms with E-state index >= 15 is 0 Å². The van der Waals surface area contributed by atoms with E-state index in [9.17, 15) is 5.11 Å². The molecule has 0 aromatic rings. The Balaban J connectivity index is 1.60. The number of fused-ring (bicyclic) bond motifs is 1. The van der Waals surface area contributed by atoms with E-state index in [1.165, 1.54) is 51.5 Å². The second kappa shape index (κ2) is 5.94. The molecule has 3 rings (SSSR count).